The van der Waals surface area contributed by atoms with E-state index in [4.69, 9.17) is 14.2 Å². The molecule has 0 radical (unpaired) electrons. The van der Waals surface area contributed by atoms with Gasteiger partial charge in [-0.15, -0.1) is 0 Å². The highest BCUT2D eigenvalue weighted by atomic mass is 16.7. The third-order valence-corrected chi connectivity index (χ3v) is 4.01. The number of fused-ring (bicyclic) bond motifs is 1. The van der Waals surface area contributed by atoms with Gasteiger partial charge in [0.05, 0.1) is 7.11 Å². The molecule has 1 heterocycles. The van der Waals surface area contributed by atoms with Crippen molar-refractivity contribution in [3.63, 3.8) is 0 Å². The van der Waals surface area contributed by atoms with Crippen LogP contribution >= 0.6 is 0 Å². The van der Waals surface area contributed by atoms with Crippen LogP contribution in [0.1, 0.15) is 11.1 Å². The van der Waals surface area contributed by atoms with Crippen molar-refractivity contribution in [2.24, 2.45) is 4.99 Å². The summed E-state index contributed by atoms with van der Waals surface area (Å²) in [5.41, 5.74) is 2.28. The molecule has 0 aromatic heterocycles. The van der Waals surface area contributed by atoms with Crippen LogP contribution < -0.4 is 24.8 Å². The number of hydrogen-bond donors (Lipinski definition) is 2. The Kier molecular flexibility index (Phi) is 5.61. The lowest BCUT2D eigenvalue weighted by molar-refractivity contribution is 0.174. The second-order valence-corrected chi connectivity index (χ2v) is 5.60. The van der Waals surface area contributed by atoms with Gasteiger partial charge in [0, 0.05) is 25.7 Å². The third kappa shape index (κ3) is 4.35. The van der Waals surface area contributed by atoms with Gasteiger partial charge in [-0.3, -0.25) is 4.99 Å². The van der Waals surface area contributed by atoms with E-state index in [0.717, 1.165) is 41.7 Å². The zero-order chi connectivity index (χ0) is 17.5. The van der Waals surface area contributed by atoms with Crippen LogP contribution in [0.25, 0.3) is 0 Å². The van der Waals surface area contributed by atoms with Crippen LogP contribution in [-0.2, 0) is 13.0 Å². The van der Waals surface area contributed by atoms with Gasteiger partial charge in [0.15, 0.2) is 17.5 Å². The van der Waals surface area contributed by atoms with Gasteiger partial charge < -0.3 is 24.8 Å². The SMILES string of the molecule is CN=C(NCCc1ccc2c(c1)OCO2)NCc1ccccc1OC. The molecule has 2 aromatic carbocycles. The topological polar surface area (TPSA) is 64.1 Å². The van der Waals surface area contributed by atoms with Gasteiger partial charge in [0.1, 0.15) is 5.75 Å². The lowest BCUT2D eigenvalue weighted by atomic mass is 10.1. The molecular formula is C19H23N3O3. The van der Waals surface area contributed by atoms with Crippen molar-refractivity contribution in [3.05, 3.63) is 53.6 Å². The van der Waals surface area contributed by atoms with Crippen LogP contribution in [0.4, 0.5) is 0 Å². The first-order valence-electron chi connectivity index (χ1n) is 8.25. The van der Waals surface area contributed by atoms with E-state index in [-0.39, 0.29) is 0 Å². The molecule has 0 fully saturated rings. The fraction of sp³-hybridized carbons (Fsp3) is 0.316. The monoisotopic (exact) mass is 341 g/mol. The summed E-state index contributed by atoms with van der Waals surface area (Å²) in [5.74, 6) is 3.25. The van der Waals surface area contributed by atoms with Crippen molar-refractivity contribution in [2.75, 3.05) is 27.5 Å². The molecule has 0 aliphatic carbocycles. The summed E-state index contributed by atoms with van der Waals surface area (Å²) in [5, 5.41) is 6.62. The molecule has 1 aliphatic heterocycles. The quantitative estimate of drug-likeness (QED) is 0.624. The molecule has 2 N–H and O–H groups in total. The van der Waals surface area contributed by atoms with Gasteiger partial charge in [-0.25, -0.2) is 0 Å². The molecule has 6 nitrogen and oxygen atoms in total. The van der Waals surface area contributed by atoms with Crippen LogP contribution in [0.3, 0.4) is 0 Å². The zero-order valence-corrected chi connectivity index (χ0v) is 14.5. The molecule has 0 amide bonds. The molecule has 0 bridgehead atoms. The van der Waals surface area contributed by atoms with Gasteiger partial charge in [-0.05, 0) is 30.2 Å². The fourth-order valence-corrected chi connectivity index (χ4v) is 2.67. The average Bonchev–Trinajstić information content (AvgIpc) is 3.12. The standard InChI is InChI=1S/C19H23N3O3/c1-20-19(22-12-15-5-3-4-6-16(15)23-2)21-10-9-14-7-8-17-18(11-14)25-13-24-17/h3-8,11H,9-10,12-13H2,1-2H3,(H2,20,21,22). The third-order valence-electron chi connectivity index (χ3n) is 4.01. The van der Waals surface area contributed by atoms with Gasteiger partial charge >= 0.3 is 0 Å². The highest BCUT2D eigenvalue weighted by molar-refractivity contribution is 5.79. The van der Waals surface area contributed by atoms with Crippen LogP contribution in [0.2, 0.25) is 0 Å². The summed E-state index contributed by atoms with van der Waals surface area (Å²) in [6.45, 7) is 1.72. The number of aliphatic imine (C=N–C) groups is 1. The van der Waals surface area contributed by atoms with Gasteiger partial charge in [-0.2, -0.15) is 0 Å². The molecule has 0 unspecified atom stereocenters. The van der Waals surface area contributed by atoms with Crippen molar-refractivity contribution in [1.82, 2.24) is 10.6 Å². The van der Waals surface area contributed by atoms with E-state index in [1.165, 1.54) is 5.56 Å². The Bertz CT molecular complexity index is 746. The first kappa shape index (κ1) is 17.0. The van der Waals surface area contributed by atoms with E-state index >= 15 is 0 Å². The molecule has 6 heteroatoms. The Labute approximate surface area is 147 Å². The molecular weight excluding hydrogens is 318 g/mol. The van der Waals surface area contributed by atoms with Crippen molar-refractivity contribution in [1.29, 1.82) is 0 Å². The number of hydrogen-bond acceptors (Lipinski definition) is 4. The highest BCUT2D eigenvalue weighted by Crippen LogP contribution is 2.32. The molecule has 1 aliphatic rings. The van der Waals surface area contributed by atoms with E-state index in [1.807, 2.05) is 36.4 Å². The minimum absolute atomic E-state index is 0.302. The van der Waals surface area contributed by atoms with Gasteiger partial charge in [0.2, 0.25) is 6.79 Å². The molecule has 2 aromatic rings. The number of methoxy groups -OCH3 is 1. The first-order chi connectivity index (χ1) is 12.3. The Morgan fingerprint density at radius 1 is 1.12 bits per heavy atom. The summed E-state index contributed by atoms with van der Waals surface area (Å²) < 4.78 is 16.1. The van der Waals surface area contributed by atoms with Crippen LogP contribution in [0, 0.1) is 0 Å². The van der Waals surface area contributed by atoms with E-state index in [0.29, 0.717) is 13.3 Å². The summed E-state index contributed by atoms with van der Waals surface area (Å²) in [6.07, 6.45) is 0.867. The highest BCUT2D eigenvalue weighted by Gasteiger charge is 2.13. The Hall–Kier alpha value is -2.89. The minimum Gasteiger partial charge on any atom is -0.496 e. The molecule has 132 valence electrons. The van der Waals surface area contributed by atoms with Gasteiger partial charge in [-0.1, -0.05) is 24.3 Å². The predicted octanol–water partition coefficient (Wildman–Crippen LogP) is 2.33. The van der Waals surface area contributed by atoms with E-state index in [2.05, 4.69) is 21.7 Å². The number of para-hydroxylation sites is 1. The largest absolute Gasteiger partial charge is 0.496 e. The van der Waals surface area contributed by atoms with E-state index in [9.17, 15) is 0 Å². The molecule has 0 saturated carbocycles. The molecule has 3 rings (SSSR count). The second-order valence-electron chi connectivity index (χ2n) is 5.60. The lowest BCUT2D eigenvalue weighted by Crippen LogP contribution is -2.37. The van der Waals surface area contributed by atoms with Crippen LogP contribution in [0.5, 0.6) is 17.2 Å². The number of guanidine groups is 1. The zero-order valence-electron chi connectivity index (χ0n) is 14.5. The van der Waals surface area contributed by atoms with Crippen LogP contribution in [0.15, 0.2) is 47.5 Å². The van der Waals surface area contributed by atoms with Crippen molar-refractivity contribution >= 4 is 5.96 Å². The first-order valence-corrected chi connectivity index (χ1v) is 8.25. The number of ether oxygens (including phenoxy) is 3. The minimum atomic E-state index is 0.302. The van der Waals surface area contributed by atoms with Crippen molar-refractivity contribution in [3.8, 4) is 17.2 Å². The van der Waals surface area contributed by atoms with Gasteiger partial charge in [0.25, 0.3) is 0 Å². The van der Waals surface area contributed by atoms with E-state index < -0.39 is 0 Å². The Morgan fingerprint density at radius 2 is 1.96 bits per heavy atom. The molecule has 0 spiro atoms. The predicted molar refractivity (Wildman–Crippen MR) is 97.5 cm³/mol. The number of nitrogens with one attached hydrogen (secondary N) is 2. The number of benzene rings is 2. The second kappa shape index (κ2) is 8.28. The van der Waals surface area contributed by atoms with Crippen LogP contribution in [-0.4, -0.2) is 33.5 Å². The van der Waals surface area contributed by atoms with Crippen molar-refractivity contribution in [2.45, 2.75) is 13.0 Å². The molecule has 0 atom stereocenters. The Balaban J connectivity index is 1.48. The number of rotatable bonds is 6. The fourth-order valence-electron chi connectivity index (χ4n) is 2.67. The van der Waals surface area contributed by atoms with Crippen molar-refractivity contribution < 1.29 is 14.2 Å². The Morgan fingerprint density at radius 3 is 2.80 bits per heavy atom. The molecule has 25 heavy (non-hydrogen) atoms. The maximum Gasteiger partial charge on any atom is 0.231 e. The number of nitrogens with zero attached hydrogens (tertiary/aromatic N) is 1. The maximum absolute atomic E-state index is 5.41. The summed E-state index contributed by atoms with van der Waals surface area (Å²) >= 11 is 0. The van der Waals surface area contributed by atoms with E-state index in [1.54, 1.807) is 14.2 Å². The smallest absolute Gasteiger partial charge is 0.231 e. The summed E-state index contributed by atoms with van der Waals surface area (Å²) in [7, 11) is 3.44. The summed E-state index contributed by atoms with van der Waals surface area (Å²) in [6, 6.07) is 14.0. The lowest BCUT2D eigenvalue weighted by Gasteiger charge is -2.13. The molecule has 0 saturated heterocycles. The average molecular weight is 341 g/mol. The summed E-state index contributed by atoms with van der Waals surface area (Å²) in [4.78, 5) is 4.26. The normalized spacial score (nSPS) is 12.8. The maximum atomic E-state index is 5.41.